The van der Waals surface area contributed by atoms with Crippen LogP contribution < -0.4 is 10.5 Å². The molecule has 0 aromatic heterocycles. The van der Waals surface area contributed by atoms with Crippen LogP contribution in [0.25, 0.3) is 0 Å². The fourth-order valence-electron chi connectivity index (χ4n) is 2.34. The van der Waals surface area contributed by atoms with Gasteiger partial charge in [-0.05, 0) is 43.4 Å². The van der Waals surface area contributed by atoms with Gasteiger partial charge in [0.1, 0.15) is 5.82 Å². The van der Waals surface area contributed by atoms with Gasteiger partial charge in [0.05, 0.1) is 4.90 Å². The summed E-state index contributed by atoms with van der Waals surface area (Å²) in [7, 11) is -3.68. The van der Waals surface area contributed by atoms with E-state index in [9.17, 15) is 12.8 Å². The van der Waals surface area contributed by atoms with Gasteiger partial charge >= 0.3 is 0 Å². The zero-order chi connectivity index (χ0) is 13.3. The van der Waals surface area contributed by atoms with Crippen molar-refractivity contribution in [2.75, 3.05) is 5.73 Å². The Bertz CT molecular complexity index is 525. The Kier molecular flexibility index (Phi) is 3.59. The van der Waals surface area contributed by atoms with E-state index in [-0.39, 0.29) is 16.6 Å². The number of anilines is 1. The molecule has 0 radical (unpaired) electrons. The van der Waals surface area contributed by atoms with Gasteiger partial charge in [-0.15, -0.1) is 0 Å². The summed E-state index contributed by atoms with van der Waals surface area (Å²) in [6.07, 6.45) is 2.66. The number of hydrogen-bond donors (Lipinski definition) is 2. The normalized spacial score (nSPS) is 24.3. The van der Waals surface area contributed by atoms with Gasteiger partial charge in [0.15, 0.2) is 0 Å². The second kappa shape index (κ2) is 4.85. The van der Waals surface area contributed by atoms with Crippen LogP contribution in [0.1, 0.15) is 26.2 Å². The highest BCUT2D eigenvalue weighted by Gasteiger charge is 2.26. The quantitative estimate of drug-likeness (QED) is 0.825. The van der Waals surface area contributed by atoms with Crippen LogP contribution in [0.15, 0.2) is 23.1 Å². The van der Waals surface area contributed by atoms with Crippen molar-refractivity contribution in [2.24, 2.45) is 5.92 Å². The van der Waals surface area contributed by atoms with Crippen molar-refractivity contribution in [3.63, 3.8) is 0 Å². The zero-order valence-electron chi connectivity index (χ0n) is 10.2. The van der Waals surface area contributed by atoms with Gasteiger partial charge in [-0.25, -0.2) is 17.5 Å². The molecule has 3 N–H and O–H groups in total. The minimum absolute atomic E-state index is 0.0607. The van der Waals surface area contributed by atoms with E-state index in [0.717, 1.165) is 31.4 Å². The van der Waals surface area contributed by atoms with Crippen molar-refractivity contribution in [3.8, 4) is 0 Å². The Morgan fingerprint density at radius 2 is 2.06 bits per heavy atom. The molecular formula is C12H17FN2O2S. The monoisotopic (exact) mass is 272 g/mol. The molecular weight excluding hydrogens is 255 g/mol. The summed E-state index contributed by atoms with van der Waals surface area (Å²) in [5.41, 5.74) is 5.56. The molecule has 4 nitrogen and oxygen atoms in total. The topological polar surface area (TPSA) is 72.2 Å². The number of hydrogen-bond acceptors (Lipinski definition) is 3. The third kappa shape index (κ3) is 3.00. The standard InChI is InChI=1S/C12H17FN2O2S/c1-8-2-3-11(4-8)15-18(16,17)12-6-9(13)5-10(14)7-12/h5-8,11,15H,2-4,14H2,1H3. The van der Waals surface area contributed by atoms with Crippen LogP contribution in [0.5, 0.6) is 0 Å². The number of nitrogens with one attached hydrogen (secondary N) is 1. The van der Waals surface area contributed by atoms with Crippen molar-refractivity contribution >= 4 is 15.7 Å². The number of halogens is 1. The minimum Gasteiger partial charge on any atom is -0.399 e. The van der Waals surface area contributed by atoms with Gasteiger partial charge in [-0.1, -0.05) is 6.92 Å². The molecule has 0 heterocycles. The molecule has 1 aliphatic rings. The lowest BCUT2D eigenvalue weighted by molar-refractivity contribution is 0.537. The van der Waals surface area contributed by atoms with E-state index in [2.05, 4.69) is 11.6 Å². The van der Waals surface area contributed by atoms with Crippen LogP contribution in [0.4, 0.5) is 10.1 Å². The highest BCUT2D eigenvalue weighted by molar-refractivity contribution is 7.89. The van der Waals surface area contributed by atoms with E-state index < -0.39 is 15.8 Å². The third-order valence-corrected chi connectivity index (χ3v) is 4.72. The number of nitrogens with two attached hydrogens (primary N) is 1. The van der Waals surface area contributed by atoms with Crippen LogP contribution in [-0.2, 0) is 10.0 Å². The molecule has 1 saturated carbocycles. The van der Waals surface area contributed by atoms with Crippen LogP contribution in [0, 0.1) is 11.7 Å². The third-order valence-electron chi connectivity index (χ3n) is 3.22. The lowest BCUT2D eigenvalue weighted by Gasteiger charge is -2.13. The van der Waals surface area contributed by atoms with E-state index in [1.54, 1.807) is 0 Å². The number of rotatable bonds is 3. The van der Waals surface area contributed by atoms with Crippen molar-refractivity contribution < 1.29 is 12.8 Å². The van der Waals surface area contributed by atoms with Crippen LogP contribution in [0.3, 0.4) is 0 Å². The van der Waals surface area contributed by atoms with Gasteiger partial charge < -0.3 is 5.73 Å². The Morgan fingerprint density at radius 1 is 1.33 bits per heavy atom. The zero-order valence-corrected chi connectivity index (χ0v) is 11.0. The highest BCUT2D eigenvalue weighted by atomic mass is 32.2. The molecule has 0 spiro atoms. The Balaban J connectivity index is 2.20. The molecule has 2 rings (SSSR count). The molecule has 2 unspecified atom stereocenters. The second-order valence-electron chi connectivity index (χ2n) is 4.96. The van der Waals surface area contributed by atoms with Gasteiger partial charge in [-0.3, -0.25) is 0 Å². The first-order valence-electron chi connectivity index (χ1n) is 5.95. The molecule has 1 aliphatic carbocycles. The molecule has 0 saturated heterocycles. The molecule has 18 heavy (non-hydrogen) atoms. The van der Waals surface area contributed by atoms with E-state index in [4.69, 9.17) is 5.73 Å². The molecule has 1 fully saturated rings. The molecule has 1 aromatic carbocycles. The van der Waals surface area contributed by atoms with E-state index >= 15 is 0 Å². The fourth-order valence-corrected chi connectivity index (χ4v) is 3.69. The lowest BCUT2D eigenvalue weighted by atomic mass is 10.1. The Labute approximate surface area is 106 Å². The molecule has 100 valence electrons. The van der Waals surface area contributed by atoms with Crippen molar-refractivity contribution in [3.05, 3.63) is 24.0 Å². The van der Waals surface area contributed by atoms with Crippen molar-refractivity contribution in [1.29, 1.82) is 0 Å². The smallest absolute Gasteiger partial charge is 0.240 e. The van der Waals surface area contributed by atoms with Gasteiger partial charge in [-0.2, -0.15) is 0 Å². The summed E-state index contributed by atoms with van der Waals surface area (Å²) in [6, 6.07) is 3.28. The largest absolute Gasteiger partial charge is 0.399 e. The molecule has 0 amide bonds. The Morgan fingerprint density at radius 3 is 2.61 bits per heavy atom. The van der Waals surface area contributed by atoms with E-state index in [1.165, 1.54) is 6.07 Å². The van der Waals surface area contributed by atoms with Gasteiger partial charge in [0.25, 0.3) is 0 Å². The molecule has 2 atom stereocenters. The molecule has 6 heteroatoms. The maximum absolute atomic E-state index is 13.2. The predicted molar refractivity (Wildman–Crippen MR) is 67.9 cm³/mol. The van der Waals surface area contributed by atoms with E-state index in [0.29, 0.717) is 5.92 Å². The molecule has 1 aromatic rings. The average Bonchev–Trinajstić information content (AvgIpc) is 2.61. The van der Waals surface area contributed by atoms with Crippen molar-refractivity contribution in [1.82, 2.24) is 4.72 Å². The summed E-state index contributed by atoms with van der Waals surface area (Å²) >= 11 is 0. The summed E-state index contributed by atoms with van der Waals surface area (Å²) in [5.74, 6) is -0.120. The summed E-state index contributed by atoms with van der Waals surface area (Å²) in [4.78, 5) is -0.112. The number of nitrogen functional groups attached to an aromatic ring is 1. The number of sulfonamides is 1. The number of benzene rings is 1. The van der Waals surface area contributed by atoms with Crippen LogP contribution >= 0.6 is 0 Å². The van der Waals surface area contributed by atoms with Gasteiger partial charge in [0, 0.05) is 11.7 Å². The molecule has 0 aliphatic heterocycles. The maximum atomic E-state index is 13.2. The SMILES string of the molecule is CC1CCC(NS(=O)(=O)c2cc(N)cc(F)c2)C1. The van der Waals surface area contributed by atoms with Crippen LogP contribution in [0.2, 0.25) is 0 Å². The Hall–Kier alpha value is -1.14. The second-order valence-corrected chi connectivity index (χ2v) is 6.67. The molecule has 0 bridgehead atoms. The summed E-state index contributed by atoms with van der Waals surface area (Å²) in [6.45, 7) is 2.09. The predicted octanol–water partition coefficient (Wildman–Crippen LogP) is 1.87. The fraction of sp³-hybridized carbons (Fsp3) is 0.500. The van der Waals surface area contributed by atoms with Crippen molar-refractivity contribution in [2.45, 2.75) is 37.1 Å². The average molecular weight is 272 g/mol. The maximum Gasteiger partial charge on any atom is 0.240 e. The minimum atomic E-state index is -3.68. The lowest BCUT2D eigenvalue weighted by Crippen LogP contribution is -2.33. The summed E-state index contributed by atoms with van der Waals surface area (Å²) in [5, 5.41) is 0. The first kappa shape index (κ1) is 13.3. The van der Waals surface area contributed by atoms with E-state index in [1.807, 2.05) is 0 Å². The first-order chi connectivity index (χ1) is 8.37. The van der Waals surface area contributed by atoms with Crippen LogP contribution in [-0.4, -0.2) is 14.5 Å². The first-order valence-corrected chi connectivity index (χ1v) is 7.43. The summed E-state index contributed by atoms with van der Waals surface area (Å²) < 4.78 is 39.9. The highest BCUT2D eigenvalue weighted by Crippen LogP contribution is 2.26. The van der Waals surface area contributed by atoms with Gasteiger partial charge in [0.2, 0.25) is 10.0 Å².